The maximum atomic E-state index is 14.5. The van der Waals surface area contributed by atoms with Gasteiger partial charge < -0.3 is 19.9 Å². The SMILES string of the molecule is CNCC1CCN(c2ccc3c(=O)c(C(=O)O)cn(-c4c(F)cccc4F)c3c2)C1. The van der Waals surface area contributed by atoms with Crippen LogP contribution in [-0.2, 0) is 0 Å². The van der Waals surface area contributed by atoms with Crippen LogP contribution in [0.1, 0.15) is 16.8 Å². The number of hydrogen-bond acceptors (Lipinski definition) is 4. The van der Waals surface area contributed by atoms with Crippen LogP contribution in [-0.4, -0.2) is 42.3 Å². The molecule has 1 atom stereocenters. The number of benzene rings is 2. The van der Waals surface area contributed by atoms with Gasteiger partial charge in [-0.3, -0.25) is 4.79 Å². The van der Waals surface area contributed by atoms with E-state index in [9.17, 15) is 23.5 Å². The fraction of sp³-hybridized carbons (Fsp3) is 0.273. The molecule has 1 fully saturated rings. The standard InChI is InChI=1S/C22H21F2N3O3/c1-25-10-13-7-8-26(11-13)14-5-6-15-19(9-14)27(12-16(21(15)28)22(29)30)20-17(23)3-2-4-18(20)24/h2-6,9,12-13,25H,7-8,10-11H2,1H3,(H,29,30). The number of nitrogens with zero attached hydrogens (tertiary/aromatic N) is 2. The van der Waals surface area contributed by atoms with Gasteiger partial charge in [-0.05, 0) is 56.3 Å². The van der Waals surface area contributed by atoms with Gasteiger partial charge in [0, 0.05) is 30.4 Å². The zero-order valence-corrected chi connectivity index (χ0v) is 16.4. The number of pyridine rings is 1. The summed E-state index contributed by atoms with van der Waals surface area (Å²) in [6, 6.07) is 8.38. The third-order valence-electron chi connectivity index (χ3n) is 5.54. The van der Waals surface area contributed by atoms with Crippen molar-refractivity contribution < 1.29 is 18.7 Å². The number of halogens is 2. The molecular weight excluding hydrogens is 392 g/mol. The molecule has 0 spiro atoms. The van der Waals surface area contributed by atoms with E-state index in [0.29, 0.717) is 5.92 Å². The summed E-state index contributed by atoms with van der Waals surface area (Å²) in [7, 11) is 1.90. The number of rotatable bonds is 5. The molecular formula is C22H21F2N3O3. The van der Waals surface area contributed by atoms with Gasteiger partial charge in [-0.2, -0.15) is 0 Å². The first-order chi connectivity index (χ1) is 14.4. The minimum atomic E-state index is -1.45. The molecule has 0 aliphatic carbocycles. The minimum Gasteiger partial charge on any atom is -0.477 e. The average Bonchev–Trinajstić information content (AvgIpc) is 3.18. The monoisotopic (exact) mass is 413 g/mol. The average molecular weight is 413 g/mol. The summed E-state index contributed by atoms with van der Waals surface area (Å²) in [5.41, 5.74) is -0.589. The highest BCUT2D eigenvalue weighted by molar-refractivity contribution is 5.94. The summed E-state index contributed by atoms with van der Waals surface area (Å²) in [6.07, 6.45) is 2.00. The molecule has 2 aromatic carbocycles. The Morgan fingerprint density at radius 2 is 1.97 bits per heavy atom. The Morgan fingerprint density at radius 1 is 1.23 bits per heavy atom. The van der Waals surface area contributed by atoms with E-state index in [1.165, 1.54) is 12.1 Å². The molecule has 4 rings (SSSR count). The van der Waals surface area contributed by atoms with Crippen molar-refractivity contribution in [2.24, 2.45) is 5.92 Å². The zero-order chi connectivity index (χ0) is 21.4. The number of aromatic carboxylic acids is 1. The summed E-state index contributed by atoms with van der Waals surface area (Å²) in [4.78, 5) is 26.4. The smallest absolute Gasteiger partial charge is 0.341 e. The summed E-state index contributed by atoms with van der Waals surface area (Å²) in [5.74, 6) is -2.67. The van der Waals surface area contributed by atoms with Crippen molar-refractivity contribution in [2.45, 2.75) is 6.42 Å². The first-order valence-corrected chi connectivity index (χ1v) is 9.67. The normalized spacial score (nSPS) is 16.4. The highest BCUT2D eigenvalue weighted by atomic mass is 19.1. The van der Waals surface area contributed by atoms with E-state index in [0.717, 1.165) is 54.6 Å². The molecule has 0 bridgehead atoms. The maximum absolute atomic E-state index is 14.5. The van der Waals surface area contributed by atoms with Crippen molar-refractivity contribution in [3.63, 3.8) is 0 Å². The molecule has 2 heterocycles. The van der Waals surface area contributed by atoms with Gasteiger partial charge in [-0.1, -0.05) is 6.07 Å². The number of carboxylic acids is 1. The van der Waals surface area contributed by atoms with Crippen molar-refractivity contribution in [2.75, 3.05) is 31.6 Å². The molecule has 6 nitrogen and oxygen atoms in total. The molecule has 1 unspecified atom stereocenters. The molecule has 1 aliphatic heterocycles. The Hall–Kier alpha value is -3.26. The summed E-state index contributed by atoms with van der Waals surface area (Å²) in [6.45, 7) is 2.53. The van der Waals surface area contributed by atoms with Crippen molar-refractivity contribution in [1.29, 1.82) is 0 Å². The van der Waals surface area contributed by atoms with E-state index < -0.39 is 34.3 Å². The largest absolute Gasteiger partial charge is 0.477 e. The van der Waals surface area contributed by atoms with E-state index in [1.807, 2.05) is 7.05 Å². The van der Waals surface area contributed by atoms with Crippen molar-refractivity contribution in [1.82, 2.24) is 9.88 Å². The van der Waals surface area contributed by atoms with Crippen molar-refractivity contribution in [3.8, 4) is 5.69 Å². The van der Waals surface area contributed by atoms with E-state index in [-0.39, 0.29) is 10.9 Å². The number of para-hydroxylation sites is 1. The van der Waals surface area contributed by atoms with Crippen LogP contribution in [0.4, 0.5) is 14.5 Å². The molecule has 1 aromatic heterocycles. The quantitative estimate of drug-likeness (QED) is 0.673. The lowest BCUT2D eigenvalue weighted by Gasteiger charge is -2.21. The highest BCUT2D eigenvalue weighted by Gasteiger charge is 2.24. The van der Waals surface area contributed by atoms with Crippen LogP contribution in [0.25, 0.3) is 16.6 Å². The fourth-order valence-electron chi connectivity index (χ4n) is 4.09. The molecule has 3 aromatic rings. The molecule has 30 heavy (non-hydrogen) atoms. The third kappa shape index (κ3) is 3.43. The minimum absolute atomic E-state index is 0.0901. The predicted octanol–water partition coefficient (Wildman–Crippen LogP) is 3.01. The fourth-order valence-corrected chi connectivity index (χ4v) is 4.09. The van der Waals surface area contributed by atoms with Crippen molar-refractivity contribution >= 4 is 22.6 Å². The number of hydrogen-bond donors (Lipinski definition) is 2. The lowest BCUT2D eigenvalue weighted by atomic mass is 10.1. The molecule has 0 radical (unpaired) electrons. The van der Waals surface area contributed by atoms with E-state index in [1.54, 1.807) is 12.1 Å². The van der Waals surface area contributed by atoms with Gasteiger partial charge in [0.05, 0.1) is 5.52 Å². The molecule has 0 amide bonds. The summed E-state index contributed by atoms with van der Waals surface area (Å²) < 4.78 is 30.2. The molecule has 0 saturated carbocycles. The van der Waals surface area contributed by atoms with E-state index >= 15 is 0 Å². The summed E-state index contributed by atoms with van der Waals surface area (Å²) in [5, 5.41) is 12.7. The predicted molar refractivity (Wildman–Crippen MR) is 111 cm³/mol. The maximum Gasteiger partial charge on any atom is 0.341 e. The second-order valence-corrected chi connectivity index (χ2v) is 7.48. The Balaban J connectivity index is 1.94. The first-order valence-electron chi connectivity index (χ1n) is 9.67. The Bertz CT molecular complexity index is 1170. The van der Waals surface area contributed by atoms with Crippen LogP contribution in [0.3, 0.4) is 0 Å². The molecule has 1 aliphatic rings. The third-order valence-corrected chi connectivity index (χ3v) is 5.54. The van der Waals surface area contributed by atoms with Crippen LogP contribution in [0.2, 0.25) is 0 Å². The Kier molecular flexibility index (Phi) is 5.26. The number of carboxylic acid groups (broad SMARTS) is 1. The van der Waals surface area contributed by atoms with Crippen LogP contribution >= 0.6 is 0 Å². The van der Waals surface area contributed by atoms with Gasteiger partial charge >= 0.3 is 5.97 Å². The van der Waals surface area contributed by atoms with Crippen molar-refractivity contribution in [3.05, 3.63) is 70.0 Å². The van der Waals surface area contributed by atoms with Crippen LogP contribution in [0.5, 0.6) is 0 Å². The van der Waals surface area contributed by atoms with E-state index in [2.05, 4.69) is 10.2 Å². The Morgan fingerprint density at radius 3 is 2.63 bits per heavy atom. The van der Waals surface area contributed by atoms with Gasteiger partial charge in [0.1, 0.15) is 22.9 Å². The Labute approximate surface area is 171 Å². The van der Waals surface area contributed by atoms with Gasteiger partial charge in [-0.15, -0.1) is 0 Å². The molecule has 8 heteroatoms. The van der Waals surface area contributed by atoms with Crippen LogP contribution in [0, 0.1) is 17.6 Å². The topological polar surface area (TPSA) is 74.6 Å². The van der Waals surface area contributed by atoms with Gasteiger partial charge in [0.15, 0.2) is 0 Å². The number of nitrogens with one attached hydrogen (secondary N) is 1. The lowest BCUT2D eigenvalue weighted by Crippen LogP contribution is -2.24. The van der Waals surface area contributed by atoms with Crippen LogP contribution < -0.4 is 15.6 Å². The van der Waals surface area contributed by atoms with Crippen LogP contribution in [0.15, 0.2) is 47.4 Å². The number of fused-ring (bicyclic) bond motifs is 1. The second kappa shape index (κ2) is 7.87. The summed E-state index contributed by atoms with van der Waals surface area (Å²) >= 11 is 0. The lowest BCUT2D eigenvalue weighted by molar-refractivity contribution is 0.0695. The molecule has 156 valence electrons. The van der Waals surface area contributed by atoms with Gasteiger partial charge in [0.2, 0.25) is 5.43 Å². The number of anilines is 1. The number of aromatic nitrogens is 1. The van der Waals surface area contributed by atoms with Gasteiger partial charge in [0.25, 0.3) is 0 Å². The molecule has 1 saturated heterocycles. The molecule has 2 N–H and O–H groups in total. The highest BCUT2D eigenvalue weighted by Crippen LogP contribution is 2.29. The second-order valence-electron chi connectivity index (χ2n) is 7.48. The van der Waals surface area contributed by atoms with E-state index in [4.69, 9.17) is 0 Å². The first kappa shape index (κ1) is 20.0. The van der Waals surface area contributed by atoms with Gasteiger partial charge in [-0.25, -0.2) is 13.6 Å². The number of carbonyl (C=O) groups is 1. The zero-order valence-electron chi connectivity index (χ0n) is 16.4.